The van der Waals surface area contributed by atoms with Crippen LogP contribution in [0.3, 0.4) is 0 Å². The van der Waals surface area contributed by atoms with Crippen LogP contribution in [-0.2, 0) is 0 Å². The van der Waals surface area contributed by atoms with Gasteiger partial charge >= 0.3 is 0 Å². The van der Waals surface area contributed by atoms with Gasteiger partial charge in [0.2, 0.25) is 5.55 Å². The molecule has 2 aromatic carbocycles. The molecule has 0 bridgehead atoms. The second-order valence-corrected chi connectivity index (χ2v) is 7.21. The van der Waals surface area contributed by atoms with Crippen molar-refractivity contribution in [3.05, 3.63) is 88.6 Å². The Morgan fingerprint density at radius 1 is 1.03 bits per heavy atom. The number of aromatic hydroxyl groups is 1. The molecular formula is C24H21N3O3. The molecule has 2 heterocycles. The normalized spacial score (nSPS) is 11.6. The molecule has 0 aliphatic heterocycles. The van der Waals surface area contributed by atoms with Gasteiger partial charge in [-0.05, 0) is 68.3 Å². The van der Waals surface area contributed by atoms with Crippen LogP contribution in [0.4, 0.5) is 11.5 Å². The largest absolute Gasteiger partial charge is 0.508 e. The number of benzene rings is 2. The van der Waals surface area contributed by atoms with E-state index < -0.39 is 0 Å². The average molecular weight is 399 g/mol. The number of pyridine rings is 1. The molecular weight excluding hydrogens is 378 g/mol. The van der Waals surface area contributed by atoms with Crippen LogP contribution in [-0.4, -0.2) is 16.0 Å². The van der Waals surface area contributed by atoms with Gasteiger partial charge in [-0.3, -0.25) is 4.79 Å². The third-order valence-electron chi connectivity index (χ3n) is 4.70. The molecule has 0 atom stereocenters. The Bertz CT molecular complexity index is 1340. The van der Waals surface area contributed by atoms with Crippen LogP contribution in [0.5, 0.6) is 5.75 Å². The zero-order chi connectivity index (χ0) is 21.3. The van der Waals surface area contributed by atoms with Gasteiger partial charge in [0, 0.05) is 17.1 Å². The third-order valence-corrected chi connectivity index (χ3v) is 4.70. The van der Waals surface area contributed by atoms with Crippen molar-refractivity contribution in [1.29, 1.82) is 0 Å². The van der Waals surface area contributed by atoms with Gasteiger partial charge in [-0.2, -0.15) is 0 Å². The second-order valence-electron chi connectivity index (χ2n) is 7.21. The number of fused-ring (bicyclic) bond motifs is 1. The lowest BCUT2D eigenvalue weighted by Gasteiger charge is -2.08. The van der Waals surface area contributed by atoms with E-state index in [-0.39, 0.29) is 22.8 Å². The van der Waals surface area contributed by atoms with Crippen molar-refractivity contribution in [2.24, 2.45) is 4.99 Å². The van der Waals surface area contributed by atoms with E-state index in [2.05, 4.69) is 15.3 Å². The van der Waals surface area contributed by atoms with E-state index >= 15 is 0 Å². The van der Waals surface area contributed by atoms with Crippen molar-refractivity contribution in [3.8, 4) is 5.75 Å². The number of rotatable bonds is 3. The Hall–Kier alpha value is -3.93. The van der Waals surface area contributed by atoms with E-state index in [1.165, 1.54) is 6.07 Å². The Morgan fingerprint density at radius 2 is 1.87 bits per heavy atom. The van der Waals surface area contributed by atoms with Crippen molar-refractivity contribution >= 4 is 28.4 Å². The predicted octanol–water partition coefficient (Wildman–Crippen LogP) is 4.94. The van der Waals surface area contributed by atoms with E-state index in [9.17, 15) is 9.90 Å². The van der Waals surface area contributed by atoms with Crippen molar-refractivity contribution in [3.63, 3.8) is 0 Å². The fourth-order valence-corrected chi connectivity index (χ4v) is 3.10. The molecule has 1 amide bonds. The second kappa shape index (κ2) is 7.83. The summed E-state index contributed by atoms with van der Waals surface area (Å²) in [6.45, 7) is 5.78. The maximum absolute atomic E-state index is 13.1. The average Bonchev–Trinajstić information content (AvgIpc) is 2.70. The third kappa shape index (κ3) is 4.07. The van der Waals surface area contributed by atoms with Gasteiger partial charge in [0.25, 0.3) is 5.91 Å². The van der Waals surface area contributed by atoms with Crippen molar-refractivity contribution < 1.29 is 14.3 Å². The molecule has 6 heteroatoms. The fourth-order valence-electron chi connectivity index (χ4n) is 3.10. The van der Waals surface area contributed by atoms with Gasteiger partial charge in [-0.1, -0.05) is 18.2 Å². The Balaban J connectivity index is 1.89. The minimum absolute atomic E-state index is 0.0742. The van der Waals surface area contributed by atoms with Crippen LogP contribution in [0.2, 0.25) is 0 Å². The number of anilines is 1. The summed E-state index contributed by atoms with van der Waals surface area (Å²) >= 11 is 0. The fraction of sp³-hybridized carbons (Fsp3) is 0.125. The minimum atomic E-state index is -0.379. The van der Waals surface area contributed by atoms with E-state index in [1.807, 2.05) is 51.1 Å². The van der Waals surface area contributed by atoms with Crippen LogP contribution in [0.1, 0.15) is 27.2 Å². The monoisotopic (exact) mass is 399 g/mol. The summed E-state index contributed by atoms with van der Waals surface area (Å²) in [5, 5.41) is 13.3. The molecule has 0 radical (unpaired) electrons. The maximum Gasteiger partial charge on any atom is 0.262 e. The summed E-state index contributed by atoms with van der Waals surface area (Å²) in [5.41, 5.74) is 4.38. The molecule has 2 aromatic heterocycles. The molecule has 2 N–H and O–H groups in total. The molecule has 150 valence electrons. The molecule has 0 saturated carbocycles. The number of nitrogens with one attached hydrogen (secondary N) is 1. The summed E-state index contributed by atoms with van der Waals surface area (Å²) in [6.07, 6.45) is 0. The number of phenols is 1. The van der Waals surface area contributed by atoms with E-state index in [0.717, 1.165) is 16.8 Å². The lowest BCUT2D eigenvalue weighted by Crippen LogP contribution is -2.22. The van der Waals surface area contributed by atoms with Gasteiger partial charge in [-0.25, -0.2) is 9.98 Å². The maximum atomic E-state index is 13.1. The summed E-state index contributed by atoms with van der Waals surface area (Å²) in [4.78, 5) is 22.0. The zero-order valence-electron chi connectivity index (χ0n) is 16.9. The van der Waals surface area contributed by atoms with E-state index in [0.29, 0.717) is 22.5 Å². The molecule has 30 heavy (non-hydrogen) atoms. The first-order valence-corrected chi connectivity index (χ1v) is 9.53. The molecule has 4 rings (SSSR count). The number of hydrogen-bond donors (Lipinski definition) is 2. The summed E-state index contributed by atoms with van der Waals surface area (Å²) in [5.74, 6) is 0.143. The lowest BCUT2D eigenvalue weighted by atomic mass is 10.1. The van der Waals surface area contributed by atoms with Gasteiger partial charge in [0.05, 0.1) is 5.69 Å². The Morgan fingerprint density at radius 3 is 2.67 bits per heavy atom. The predicted molar refractivity (Wildman–Crippen MR) is 116 cm³/mol. The van der Waals surface area contributed by atoms with E-state index in [4.69, 9.17) is 4.42 Å². The SMILES string of the molecule is Cc1ccc(C)c(N=c2oc3cc(O)ccc3cc2C(=O)Nc2cccc(C)n2)c1. The minimum Gasteiger partial charge on any atom is -0.508 e. The number of carbonyl (C=O) groups excluding carboxylic acids is 1. The quantitative estimate of drug-likeness (QED) is 0.511. The number of phenolic OH excluding ortho intramolecular Hbond substituents is 1. The van der Waals surface area contributed by atoms with Crippen LogP contribution in [0.25, 0.3) is 11.0 Å². The summed E-state index contributed by atoms with van der Waals surface area (Å²) in [7, 11) is 0. The van der Waals surface area contributed by atoms with E-state index in [1.54, 1.807) is 24.3 Å². The van der Waals surface area contributed by atoms with Gasteiger partial charge in [-0.15, -0.1) is 0 Å². The number of nitrogens with zero attached hydrogens (tertiary/aromatic N) is 2. The number of hydrogen-bond acceptors (Lipinski definition) is 5. The number of aromatic nitrogens is 1. The van der Waals surface area contributed by atoms with Crippen LogP contribution >= 0.6 is 0 Å². The molecule has 0 fully saturated rings. The highest BCUT2D eigenvalue weighted by Gasteiger charge is 2.14. The molecule has 4 aromatic rings. The van der Waals surface area contributed by atoms with Gasteiger partial charge in [0.1, 0.15) is 22.7 Å². The van der Waals surface area contributed by atoms with Crippen LogP contribution in [0, 0.1) is 20.8 Å². The summed E-state index contributed by atoms with van der Waals surface area (Å²) < 4.78 is 5.95. The van der Waals surface area contributed by atoms with Crippen molar-refractivity contribution in [2.75, 3.05) is 5.32 Å². The number of carbonyl (C=O) groups is 1. The van der Waals surface area contributed by atoms with Crippen molar-refractivity contribution in [1.82, 2.24) is 4.98 Å². The Kier molecular flexibility index (Phi) is 5.06. The zero-order valence-corrected chi connectivity index (χ0v) is 16.9. The first-order chi connectivity index (χ1) is 14.4. The molecule has 0 unspecified atom stereocenters. The van der Waals surface area contributed by atoms with Crippen molar-refractivity contribution in [2.45, 2.75) is 20.8 Å². The van der Waals surface area contributed by atoms with Crippen LogP contribution in [0.15, 0.2) is 70.1 Å². The molecule has 0 saturated heterocycles. The first kappa shape index (κ1) is 19.4. The first-order valence-electron chi connectivity index (χ1n) is 9.53. The standard InChI is InChI=1S/C24H21N3O3/c1-14-7-8-15(2)20(11-14)26-24-19(12-17-9-10-18(28)13-21(17)30-24)23(29)27-22-6-4-5-16(3)25-22/h4-13,28H,1-3H3,(H,25,27,29). The number of aryl methyl sites for hydroxylation is 3. The highest BCUT2D eigenvalue weighted by Crippen LogP contribution is 2.22. The molecule has 0 aliphatic rings. The van der Waals surface area contributed by atoms with Gasteiger partial charge < -0.3 is 14.8 Å². The van der Waals surface area contributed by atoms with Crippen LogP contribution < -0.4 is 10.9 Å². The highest BCUT2D eigenvalue weighted by molar-refractivity contribution is 6.05. The molecule has 0 aliphatic carbocycles. The molecule has 6 nitrogen and oxygen atoms in total. The lowest BCUT2D eigenvalue weighted by molar-refractivity contribution is 0.102. The van der Waals surface area contributed by atoms with Gasteiger partial charge in [0.15, 0.2) is 0 Å². The summed E-state index contributed by atoms with van der Waals surface area (Å²) in [6, 6.07) is 17.7. The Labute approximate surface area is 173 Å². The smallest absolute Gasteiger partial charge is 0.262 e. The molecule has 0 spiro atoms. The topological polar surface area (TPSA) is 87.7 Å². The highest BCUT2D eigenvalue weighted by atomic mass is 16.3. The number of amides is 1.